The van der Waals surface area contributed by atoms with E-state index in [1.807, 2.05) is 24.5 Å². The maximum atomic E-state index is 11.5. The average Bonchev–Trinajstić information content (AvgIpc) is 3.11. The van der Waals surface area contributed by atoms with Crippen LogP contribution in [-0.2, 0) is 9.47 Å². The molecule has 5 nitrogen and oxygen atoms in total. The van der Waals surface area contributed by atoms with Gasteiger partial charge in [-0.1, -0.05) is 12.1 Å². The summed E-state index contributed by atoms with van der Waals surface area (Å²) < 4.78 is 12.4. The standard InChI is InChI=1S/C18H22N2O3/c1-22-16-9-7-15(8-10-16)20-12-11-19-17(20)13-3-5-14(6-4-13)18(21)23-2/h3-6,11-12,15-16H,7-10H2,1-2H3. The van der Waals surface area contributed by atoms with Crippen LogP contribution in [0.1, 0.15) is 42.1 Å². The largest absolute Gasteiger partial charge is 0.465 e. The first-order valence-corrected chi connectivity index (χ1v) is 7.97. The first kappa shape index (κ1) is 15.7. The molecule has 1 saturated carbocycles. The predicted molar refractivity (Wildman–Crippen MR) is 87.3 cm³/mol. The van der Waals surface area contributed by atoms with Crippen LogP contribution in [0.3, 0.4) is 0 Å². The zero-order valence-corrected chi connectivity index (χ0v) is 13.6. The third kappa shape index (κ3) is 3.29. The molecule has 1 aliphatic rings. The molecule has 0 saturated heterocycles. The van der Waals surface area contributed by atoms with Crippen molar-refractivity contribution < 1.29 is 14.3 Å². The van der Waals surface area contributed by atoms with Gasteiger partial charge in [0, 0.05) is 31.1 Å². The molecule has 5 heteroatoms. The normalized spacial score (nSPS) is 21.1. The fraction of sp³-hybridized carbons (Fsp3) is 0.444. The van der Waals surface area contributed by atoms with Gasteiger partial charge in [-0.2, -0.15) is 0 Å². The summed E-state index contributed by atoms with van der Waals surface area (Å²) in [5, 5.41) is 0. The highest BCUT2D eigenvalue weighted by molar-refractivity contribution is 5.89. The van der Waals surface area contributed by atoms with E-state index < -0.39 is 0 Å². The van der Waals surface area contributed by atoms with E-state index in [1.54, 1.807) is 19.2 Å². The Labute approximate surface area is 136 Å². The van der Waals surface area contributed by atoms with Crippen LogP contribution < -0.4 is 0 Å². The van der Waals surface area contributed by atoms with Crippen LogP contribution in [0, 0.1) is 0 Å². The number of methoxy groups -OCH3 is 2. The zero-order valence-electron chi connectivity index (χ0n) is 13.6. The summed E-state index contributed by atoms with van der Waals surface area (Å²) in [6.07, 6.45) is 8.63. The zero-order chi connectivity index (χ0) is 16.2. The van der Waals surface area contributed by atoms with Crippen LogP contribution in [0.2, 0.25) is 0 Å². The van der Waals surface area contributed by atoms with Gasteiger partial charge >= 0.3 is 5.97 Å². The third-order valence-corrected chi connectivity index (χ3v) is 4.60. The lowest BCUT2D eigenvalue weighted by molar-refractivity contribution is 0.0586. The third-order valence-electron chi connectivity index (χ3n) is 4.60. The van der Waals surface area contributed by atoms with Crippen molar-refractivity contribution in [1.82, 2.24) is 9.55 Å². The van der Waals surface area contributed by atoms with Crippen molar-refractivity contribution in [1.29, 1.82) is 0 Å². The Balaban J connectivity index is 1.79. The topological polar surface area (TPSA) is 53.3 Å². The van der Waals surface area contributed by atoms with Crippen LogP contribution in [0.15, 0.2) is 36.7 Å². The van der Waals surface area contributed by atoms with Gasteiger partial charge in [-0.15, -0.1) is 0 Å². The molecule has 2 aromatic rings. The highest BCUT2D eigenvalue weighted by atomic mass is 16.5. The van der Waals surface area contributed by atoms with Gasteiger partial charge in [0.2, 0.25) is 0 Å². The second kappa shape index (κ2) is 6.96. The van der Waals surface area contributed by atoms with Gasteiger partial charge in [0.1, 0.15) is 5.82 Å². The van der Waals surface area contributed by atoms with Gasteiger partial charge in [0.25, 0.3) is 0 Å². The second-order valence-corrected chi connectivity index (χ2v) is 5.89. The first-order chi connectivity index (χ1) is 11.2. The van der Waals surface area contributed by atoms with Crippen LogP contribution in [0.25, 0.3) is 11.4 Å². The summed E-state index contributed by atoms with van der Waals surface area (Å²) in [5.41, 5.74) is 1.56. The quantitative estimate of drug-likeness (QED) is 0.811. The number of rotatable bonds is 4. The van der Waals surface area contributed by atoms with Gasteiger partial charge in [0.15, 0.2) is 0 Å². The lowest BCUT2D eigenvalue weighted by Gasteiger charge is -2.29. The maximum absolute atomic E-state index is 11.5. The molecule has 1 aromatic heterocycles. The number of nitrogens with zero attached hydrogens (tertiary/aromatic N) is 2. The minimum absolute atomic E-state index is 0.322. The lowest BCUT2D eigenvalue weighted by atomic mass is 9.92. The SMILES string of the molecule is COC(=O)c1ccc(-c2nccn2C2CCC(OC)CC2)cc1. The summed E-state index contributed by atoms with van der Waals surface area (Å²) in [6.45, 7) is 0. The number of hydrogen-bond acceptors (Lipinski definition) is 4. The van der Waals surface area contributed by atoms with E-state index in [-0.39, 0.29) is 5.97 Å². The number of carbonyl (C=O) groups is 1. The molecule has 0 N–H and O–H groups in total. The van der Waals surface area contributed by atoms with Gasteiger partial charge in [-0.25, -0.2) is 9.78 Å². The molecule has 122 valence electrons. The van der Waals surface area contributed by atoms with Crippen LogP contribution >= 0.6 is 0 Å². The van der Waals surface area contributed by atoms with Crippen molar-refractivity contribution >= 4 is 5.97 Å². The Morgan fingerprint density at radius 3 is 2.43 bits per heavy atom. The van der Waals surface area contributed by atoms with Crippen molar-refractivity contribution in [3.63, 3.8) is 0 Å². The second-order valence-electron chi connectivity index (χ2n) is 5.89. The molecule has 0 aliphatic heterocycles. The molecule has 1 heterocycles. The van der Waals surface area contributed by atoms with Gasteiger partial charge in [-0.3, -0.25) is 0 Å². The Morgan fingerprint density at radius 2 is 1.83 bits per heavy atom. The van der Waals surface area contributed by atoms with Crippen molar-refractivity contribution in [3.8, 4) is 11.4 Å². The van der Waals surface area contributed by atoms with Crippen molar-refractivity contribution in [2.75, 3.05) is 14.2 Å². The Morgan fingerprint density at radius 1 is 1.13 bits per heavy atom. The Hall–Kier alpha value is -2.14. The van der Waals surface area contributed by atoms with E-state index >= 15 is 0 Å². The number of imidazole rings is 1. The molecular weight excluding hydrogens is 292 g/mol. The summed E-state index contributed by atoms with van der Waals surface area (Å²) in [4.78, 5) is 16.0. The highest BCUT2D eigenvalue weighted by Gasteiger charge is 2.23. The predicted octanol–water partition coefficient (Wildman–Crippen LogP) is 3.47. The number of aromatic nitrogens is 2. The Bertz CT molecular complexity index is 655. The molecule has 0 bridgehead atoms. The molecule has 1 aliphatic carbocycles. The molecule has 23 heavy (non-hydrogen) atoms. The molecule has 1 fully saturated rings. The fourth-order valence-corrected chi connectivity index (χ4v) is 3.26. The molecule has 0 amide bonds. The van der Waals surface area contributed by atoms with E-state index in [2.05, 4.69) is 9.55 Å². The number of esters is 1. The average molecular weight is 314 g/mol. The molecule has 0 spiro atoms. The molecule has 0 radical (unpaired) electrons. The summed E-state index contributed by atoms with van der Waals surface area (Å²) in [6, 6.07) is 7.86. The van der Waals surface area contributed by atoms with E-state index in [4.69, 9.17) is 9.47 Å². The van der Waals surface area contributed by atoms with Crippen molar-refractivity contribution in [2.45, 2.75) is 37.8 Å². The number of carbonyl (C=O) groups excluding carboxylic acids is 1. The fourth-order valence-electron chi connectivity index (χ4n) is 3.26. The maximum Gasteiger partial charge on any atom is 0.337 e. The molecule has 0 atom stereocenters. The van der Waals surface area contributed by atoms with Gasteiger partial charge in [-0.05, 0) is 37.8 Å². The summed E-state index contributed by atoms with van der Waals surface area (Å²) >= 11 is 0. The van der Waals surface area contributed by atoms with Crippen LogP contribution in [0.5, 0.6) is 0 Å². The molecule has 1 aromatic carbocycles. The van der Waals surface area contributed by atoms with Gasteiger partial charge < -0.3 is 14.0 Å². The number of hydrogen-bond donors (Lipinski definition) is 0. The van der Waals surface area contributed by atoms with E-state index in [9.17, 15) is 4.79 Å². The lowest BCUT2D eigenvalue weighted by Crippen LogP contribution is -2.22. The van der Waals surface area contributed by atoms with E-state index in [1.165, 1.54) is 7.11 Å². The Kier molecular flexibility index (Phi) is 4.76. The van der Waals surface area contributed by atoms with E-state index in [0.717, 1.165) is 37.1 Å². The molecule has 0 unspecified atom stereocenters. The first-order valence-electron chi connectivity index (χ1n) is 7.97. The number of ether oxygens (including phenoxy) is 2. The molecule has 3 rings (SSSR count). The summed E-state index contributed by atoms with van der Waals surface area (Å²) in [7, 11) is 3.18. The molecular formula is C18H22N2O3. The number of benzene rings is 1. The minimum atomic E-state index is -0.322. The minimum Gasteiger partial charge on any atom is -0.465 e. The van der Waals surface area contributed by atoms with Gasteiger partial charge in [0.05, 0.1) is 18.8 Å². The van der Waals surface area contributed by atoms with E-state index in [0.29, 0.717) is 17.7 Å². The van der Waals surface area contributed by atoms with Crippen molar-refractivity contribution in [3.05, 3.63) is 42.2 Å². The van der Waals surface area contributed by atoms with Crippen LogP contribution in [-0.4, -0.2) is 35.8 Å². The smallest absolute Gasteiger partial charge is 0.337 e. The van der Waals surface area contributed by atoms with Crippen LogP contribution in [0.4, 0.5) is 0 Å². The van der Waals surface area contributed by atoms with Crippen molar-refractivity contribution in [2.24, 2.45) is 0 Å². The summed E-state index contributed by atoms with van der Waals surface area (Å²) in [5.74, 6) is 0.625. The highest BCUT2D eigenvalue weighted by Crippen LogP contribution is 2.33. The monoisotopic (exact) mass is 314 g/mol.